The van der Waals surface area contributed by atoms with Gasteiger partial charge in [0.25, 0.3) is 5.91 Å². The molecule has 1 unspecified atom stereocenters. The van der Waals surface area contributed by atoms with E-state index in [2.05, 4.69) is 20.3 Å². The van der Waals surface area contributed by atoms with E-state index in [4.69, 9.17) is 4.74 Å². The highest BCUT2D eigenvalue weighted by atomic mass is 16.6. The number of aromatic nitrogens is 3. The Balaban J connectivity index is 1.84. The van der Waals surface area contributed by atoms with Crippen LogP contribution in [0.1, 0.15) is 13.3 Å². The summed E-state index contributed by atoms with van der Waals surface area (Å²) in [5, 5.41) is 14.4. The van der Waals surface area contributed by atoms with Gasteiger partial charge in [0.15, 0.2) is 0 Å². The minimum atomic E-state index is -1.48. The van der Waals surface area contributed by atoms with E-state index in [1.54, 1.807) is 30.7 Å². The normalized spacial score (nSPS) is 13.8. The molecule has 0 spiro atoms. The fourth-order valence-electron chi connectivity index (χ4n) is 2.03. The van der Waals surface area contributed by atoms with Gasteiger partial charge in [-0.25, -0.2) is 9.97 Å². The van der Waals surface area contributed by atoms with Gasteiger partial charge in [-0.05, 0) is 18.2 Å². The summed E-state index contributed by atoms with van der Waals surface area (Å²) in [5.41, 5.74) is 1.52. The van der Waals surface area contributed by atoms with Crippen LogP contribution in [0.25, 0.3) is 10.9 Å². The molecular formula is C15H16N4O2. The largest absolute Gasteiger partial charge is 0.444 e. The molecule has 0 radical (unpaired) electrons. The molecule has 0 aliphatic carbocycles. The molecule has 0 aliphatic heterocycles. The highest BCUT2D eigenvalue weighted by molar-refractivity contribution is 5.78. The lowest BCUT2D eigenvalue weighted by atomic mass is 10.2. The van der Waals surface area contributed by atoms with Gasteiger partial charge in [0, 0.05) is 36.5 Å². The monoisotopic (exact) mass is 284 g/mol. The third kappa shape index (κ3) is 2.95. The van der Waals surface area contributed by atoms with Gasteiger partial charge in [-0.2, -0.15) is 0 Å². The number of anilines is 1. The summed E-state index contributed by atoms with van der Waals surface area (Å²) in [7, 11) is 0. The Morgan fingerprint density at radius 1 is 1.38 bits per heavy atom. The summed E-state index contributed by atoms with van der Waals surface area (Å²) in [6.07, 6.45) is 7.11. The number of hydrogen-bond acceptors (Lipinski definition) is 5. The van der Waals surface area contributed by atoms with Crippen molar-refractivity contribution in [2.45, 2.75) is 19.3 Å². The quantitative estimate of drug-likeness (QED) is 0.627. The van der Waals surface area contributed by atoms with Crippen LogP contribution in [0, 0.1) is 0 Å². The first-order valence-electron chi connectivity index (χ1n) is 6.71. The zero-order chi connectivity index (χ0) is 14.7. The van der Waals surface area contributed by atoms with Crippen molar-refractivity contribution in [3.63, 3.8) is 0 Å². The topological polar surface area (TPSA) is 83.1 Å². The van der Waals surface area contributed by atoms with Crippen molar-refractivity contribution in [3.05, 3.63) is 49.2 Å². The van der Waals surface area contributed by atoms with E-state index in [0.29, 0.717) is 12.2 Å². The maximum absolute atomic E-state index is 10.5. The number of fused-ring (bicyclic) bond motifs is 1. The first-order chi connectivity index (χ1) is 10.2. The zero-order valence-electron chi connectivity index (χ0n) is 11.6. The Hall–Kier alpha value is -2.60. The van der Waals surface area contributed by atoms with Crippen molar-refractivity contribution in [2.24, 2.45) is 0 Å². The van der Waals surface area contributed by atoms with E-state index in [1.165, 1.54) is 6.33 Å². The fourth-order valence-corrected chi connectivity index (χ4v) is 2.03. The highest BCUT2D eigenvalue weighted by Crippen LogP contribution is 2.24. The zero-order valence-corrected chi connectivity index (χ0v) is 11.6. The van der Waals surface area contributed by atoms with Crippen LogP contribution in [0.15, 0.2) is 49.2 Å². The smallest absolute Gasteiger partial charge is 0.289 e. The van der Waals surface area contributed by atoms with Crippen molar-refractivity contribution in [2.75, 3.05) is 5.32 Å². The molecule has 2 heterocycles. The fraction of sp³-hybridized carbons (Fsp3) is 0.200. The molecular weight excluding hydrogens is 268 g/mol. The molecule has 0 amide bonds. The average Bonchev–Trinajstić information content (AvgIpc) is 2.99. The maximum Gasteiger partial charge on any atom is 0.289 e. The van der Waals surface area contributed by atoms with Crippen LogP contribution in [-0.2, 0) is 0 Å². The maximum atomic E-state index is 10.5. The van der Waals surface area contributed by atoms with E-state index < -0.39 is 5.91 Å². The molecule has 0 fully saturated rings. The molecule has 1 atom stereocenters. The minimum Gasteiger partial charge on any atom is -0.444 e. The SMILES string of the molecule is CCC(O)(Nc1cc[nH]c1)Oc1ccc2cncnc2c1. The molecule has 0 aliphatic rings. The second-order valence-corrected chi connectivity index (χ2v) is 4.71. The molecule has 3 rings (SSSR count). The summed E-state index contributed by atoms with van der Waals surface area (Å²) >= 11 is 0. The lowest BCUT2D eigenvalue weighted by molar-refractivity contribution is -0.114. The molecule has 0 saturated heterocycles. The first-order valence-corrected chi connectivity index (χ1v) is 6.71. The predicted octanol–water partition coefficient (Wildman–Crippen LogP) is 2.50. The number of rotatable bonds is 5. The minimum absolute atomic E-state index is 0.375. The van der Waals surface area contributed by atoms with Crippen LogP contribution in [0.2, 0.25) is 0 Å². The van der Waals surface area contributed by atoms with Gasteiger partial charge in [0.05, 0.1) is 11.2 Å². The van der Waals surface area contributed by atoms with Crippen molar-refractivity contribution >= 4 is 16.6 Å². The molecule has 0 saturated carbocycles. The third-order valence-corrected chi connectivity index (χ3v) is 3.18. The van der Waals surface area contributed by atoms with Gasteiger partial charge in [0.2, 0.25) is 0 Å². The van der Waals surface area contributed by atoms with E-state index >= 15 is 0 Å². The van der Waals surface area contributed by atoms with Crippen LogP contribution in [0.5, 0.6) is 5.75 Å². The number of hydrogen-bond donors (Lipinski definition) is 3. The number of ether oxygens (including phenoxy) is 1. The lowest BCUT2D eigenvalue weighted by Crippen LogP contribution is -2.43. The molecule has 2 aromatic heterocycles. The van der Waals surface area contributed by atoms with E-state index in [9.17, 15) is 5.11 Å². The highest BCUT2D eigenvalue weighted by Gasteiger charge is 2.27. The Morgan fingerprint density at radius 3 is 3.05 bits per heavy atom. The molecule has 108 valence electrons. The van der Waals surface area contributed by atoms with Crippen LogP contribution < -0.4 is 10.1 Å². The van der Waals surface area contributed by atoms with Gasteiger partial charge < -0.3 is 20.1 Å². The van der Waals surface area contributed by atoms with E-state index in [0.717, 1.165) is 16.6 Å². The molecule has 6 nitrogen and oxygen atoms in total. The van der Waals surface area contributed by atoms with Crippen molar-refractivity contribution in [1.29, 1.82) is 0 Å². The molecule has 3 N–H and O–H groups in total. The Bertz CT molecular complexity index is 729. The number of nitrogens with one attached hydrogen (secondary N) is 2. The summed E-state index contributed by atoms with van der Waals surface area (Å²) < 4.78 is 5.70. The standard InChI is InChI=1S/C15H16N4O2/c1-2-15(20,19-12-5-6-16-9-12)21-13-4-3-11-8-17-10-18-14(11)7-13/h3-10,16,19-20H,2H2,1H3. The van der Waals surface area contributed by atoms with Crippen molar-refractivity contribution in [1.82, 2.24) is 15.0 Å². The van der Waals surface area contributed by atoms with Gasteiger partial charge >= 0.3 is 0 Å². The number of aliphatic hydroxyl groups is 1. The average molecular weight is 284 g/mol. The predicted molar refractivity (Wildman–Crippen MR) is 79.8 cm³/mol. The van der Waals surface area contributed by atoms with E-state index in [1.807, 2.05) is 19.1 Å². The summed E-state index contributed by atoms with van der Waals surface area (Å²) in [6, 6.07) is 7.23. The summed E-state index contributed by atoms with van der Waals surface area (Å²) in [5.74, 6) is -0.948. The number of nitrogens with zero attached hydrogens (tertiary/aromatic N) is 2. The number of H-pyrrole nitrogens is 1. The van der Waals surface area contributed by atoms with Crippen molar-refractivity contribution in [3.8, 4) is 5.75 Å². The van der Waals surface area contributed by atoms with Gasteiger partial charge in [-0.15, -0.1) is 0 Å². The number of aromatic amines is 1. The number of benzene rings is 1. The second kappa shape index (κ2) is 5.41. The van der Waals surface area contributed by atoms with Crippen LogP contribution in [0.4, 0.5) is 5.69 Å². The molecule has 0 bridgehead atoms. The van der Waals surface area contributed by atoms with Crippen LogP contribution >= 0.6 is 0 Å². The van der Waals surface area contributed by atoms with Crippen LogP contribution in [-0.4, -0.2) is 26.0 Å². The Morgan fingerprint density at radius 2 is 2.29 bits per heavy atom. The Kier molecular flexibility index (Phi) is 3.45. The van der Waals surface area contributed by atoms with Crippen molar-refractivity contribution < 1.29 is 9.84 Å². The van der Waals surface area contributed by atoms with Gasteiger partial charge in [-0.1, -0.05) is 6.92 Å². The van der Waals surface area contributed by atoms with E-state index in [-0.39, 0.29) is 0 Å². The molecule has 3 aromatic rings. The molecule has 21 heavy (non-hydrogen) atoms. The van der Waals surface area contributed by atoms with Crippen LogP contribution in [0.3, 0.4) is 0 Å². The lowest BCUT2D eigenvalue weighted by Gasteiger charge is -2.29. The summed E-state index contributed by atoms with van der Waals surface area (Å²) in [4.78, 5) is 11.1. The molecule has 1 aromatic carbocycles. The Labute approximate surface area is 121 Å². The summed E-state index contributed by atoms with van der Waals surface area (Å²) in [6.45, 7) is 1.84. The van der Waals surface area contributed by atoms with Gasteiger partial charge in [0.1, 0.15) is 12.1 Å². The van der Waals surface area contributed by atoms with Gasteiger partial charge in [-0.3, -0.25) is 0 Å². The molecule has 6 heteroatoms. The second-order valence-electron chi connectivity index (χ2n) is 4.71. The first kappa shape index (κ1) is 13.4. The third-order valence-electron chi connectivity index (χ3n) is 3.18.